The molecule has 15 heavy (non-hydrogen) atoms. The highest BCUT2D eigenvalue weighted by atomic mass is 127. The van der Waals surface area contributed by atoms with E-state index < -0.39 is 0 Å². The highest BCUT2D eigenvalue weighted by Gasteiger charge is 2.15. The number of amides is 1. The Labute approximate surface area is 104 Å². The van der Waals surface area contributed by atoms with Crippen molar-refractivity contribution in [3.05, 3.63) is 21.7 Å². The number of nitrogens with zero attached hydrogens (tertiary/aromatic N) is 2. The zero-order valence-corrected chi connectivity index (χ0v) is 10.4. The van der Waals surface area contributed by atoms with Crippen molar-refractivity contribution in [1.82, 2.24) is 5.32 Å². The predicted octanol–water partition coefficient (Wildman–Crippen LogP) is 1.44. The predicted molar refractivity (Wildman–Crippen MR) is 67.1 cm³/mol. The van der Waals surface area contributed by atoms with E-state index in [4.69, 9.17) is 4.42 Å². The fourth-order valence-corrected chi connectivity index (χ4v) is 1.98. The molecular weight excluding hydrogens is 329 g/mol. The van der Waals surface area contributed by atoms with Crippen LogP contribution in [0.15, 0.2) is 26.8 Å². The van der Waals surface area contributed by atoms with Crippen LogP contribution < -0.4 is 5.32 Å². The van der Waals surface area contributed by atoms with E-state index in [2.05, 4.69) is 38.1 Å². The van der Waals surface area contributed by atoms with Gasteiger partial charge in [-0.15, -0.1) is 5.10 Å². The van der Waals surface area contributed by atoms with Gasteiger partial charge in [0.15, 0.2) is 8.93 Å². The van der Waals surface area contributed by atoms with Crippen LogP contribution in [0.2, 0.25) is 0 Å². The lowest BCUT2D eigenvalue weighted by Gasteiger charge is -1.88. The SMILES string of the molecule is O=C1CS/C(=N/N=C/c2ccc(I)o2)N1. The number of amidine groups is 1. The Kier molecular flexibility index (Phi) is 3.41. The van der Waals surface area contributed by atoms with Crippen LogP contribution in [0.3, 0.4) is 0 Å². The first-order valence-corrected chi connectivity index (χ1v) is 6.09. The van der Waals surface area contributed by atoms with Gasteiger partial charge in [-0.1, -0.05) is 11.8 Å². The van der Waals surface area contributed by atoms with Gasteiger partial charge in [0.1, 0.15) is 5.76 Å². The summed E-state index contributed by atoms with van der Waals surface area (Å²) in [6.07, 6.45) is 1.50. The van der Waals surface area contributed by atoms with Crippen molar-refractivity contribution in [2.75, 3.05) is 5.75 Å². The van der Waals surface area contributed by atoms with Crippen LogP contribution in [-0.2, 0) is 4.79 Å². The Bertz CT molecular complexity index is 441. The summed E-state index contributed by atoms with van der Waals surface area (Å²) < 4.78 is 6.04. The standard InChI is InChI=1S/C8H6IN3O2S/c9-6-2-1-5(14-6)3-10-12-8-11-7(13)4-15-8/h1-3H,4H2,(H,11,12,13)/b10-3+. The van der Waals surface area contributed by atoms with E-state index in [9.17, 15) is 4.79 Å². The van der Waals surface area contributed by atoms with E-state index >= 15 is 0 Å². The lowest BCUT2D eigenvalue weighted by Crippen LogP contribution is -2.19. The molecule has 1 aliphatic rings. The van der Waals surface area contributed by atoms with E-state index in [1.807, 2.05) is 6.07 Å². The van der Waals surface area contributed by atoms with Gasteiger partial charge in [0, 0.05) is 0 Å². The minimum absolute atomic E-state index is 0.0403. The normalized spacial score (nSPS) is 19.0. The van der Waals surface area contributed by atoms with Gasteiger partial charge in [-0.2, -0.15) is 5.10 Å². The molecule has 0 saturated carbocycles. The number of hydrogen-bond acceptors (Lipinski definition) is 5. The summed E-state index contributed by atoms with van der Waals surface area (Å²) in [5.41, 5.74) is 0. The van der Waals surface area contributed by atoms with Gasteiger partial charge in [-0.25, -0.2) is 0 Å². The fraction of sp³-hybridized carbons (Fsp3) is 0.125. The van der Waals surface area contributed by atoms with Crippen molar-refractivity contribution in [2.24, 2.45) is 10.2 Å². The van der Waals surface area contributed by atoms with Gasteiger partial charge < -0.3 is 9.73 Å². The first-order chi connectivity index (χ1) is 7.24. The Morgan fingerprint density at radius 2 is 2.47 bits per heavy atom. The number of furan rings is 1. The second-order valence-corrected chi connectivity index (χ2v) is 4.66. The Hall–Kier alpha value is -0.830. The molecule has 2 rings (SSSR count). The first-order valence-electron chi connectivity index (χ1n) is 4.03. The zero-order valence-electron chi connectivity index (χ0n) is 7.44. The maximum Gasteiger partial charge on any atom is 0.236 e. The maximum atomic E-state index is 10.8. The van der Waals surface area contributed by atoms with Gasteiger partial charge in [0.05, 0.1) is 12.0 Å². The lowest BCUT2D eigenvalue weighted by molar-refractivity contribution is -0.116. The highest BCUT2D eigenvalue weighted by molar-refractivity contribution is 14.1. The summed E-state index contributed by atoms with van der Waals surface area (Å²) in [4.78, 5) is 10.8. The number of nitrogens with one attached hydrogen (secondary N) is 1. The maximum absolute atomic E-state index is 10.8. The van der Waals surface area contributed by atoms with Crippen LogP contribution in [0.4, 0.5) is 0 Å². The molecular formula is C8H6IN3O2S. The Morgan fingerprint density at radius 1 is 1.60 bits per heavy atom. The molecule has 5 nitrogen and oxygen atoms in total. The molecule has 1 saturated heterocycles. The summed E-state index contributed by atoms with van der Waals surface area (Å²) in [5.74, 6) is 1.01. The van der Waals surface area contributed by atoms with Gasteiger partial charge in [-0.3, -0.25) is 4.79 Å². The van der Waals surface area contributed by atoms with Gasteiger partial charge in [0.25, 0.3) is 0 Å². The van der Waals surface area contributed by atoms with Crippen LogP contribution in [0.25, 0.3) is 0 Å². The summed E-state index contributed by atoms with van der Waals surface area (Å²) in [7, 11) is 0. The average Bonchev–Trinajstić information content (AvgIpc) is 2.76. The first kappa shape index (κ1) is 10.7. The van der Waals surface area contributed by atoms with Crippen molar-refractivity contribution in [3.8, 4) is 0 Å². The third-order valence-electron chi connectivity index (χ3n) is 1.51. The molecule has 0 unspecified atom stereocenters. The molecule has 1 amide bonds. The van der Waals surface area contributed by atoms with Crippen molar-refractivity contribution >= 4 is 51.6 Å². The third kappa shape index (κ3) is 3.06. The zero-order chi connectivity index (χ0) is 10.7. The molecule has 0 radical (unpaired) electrons. The largest absolute Gasteiger partial charge is 0.449 e. The average molecular weight is 335 g/mol. The number of carbonyl (C=O) groups excluding carboxylic acids is 1. The van der Waals surface area contributed by atoms with Crippen LogP contribution in [-0.4, -0.2) is 23.0 Å². The minimum atomic E-state index is -0.0403. The lowest BCUT2D eigenvalue weighted by atomic mass is 10.5. The van der Waals surface area contributed by atoms with Crippen LogP contribution in [0.1, 0.15) is 5.76 Å². The number of rotatable bonds is 2. The summed E-state index contributed by atoms with van der Waals surface area (Å²) in [6, 6.07) is 3.63. The molecule has 0 bridgehead atoms. The van der Waals surface area contributed by atoms with Crippen molar-refractivity contribution in [1.29, 1.82) is 0 Å². The van der Waals surface area contributed by atoms with Gasteiger partial charge >= 0.3 is 0 Å². The molecule has 7 heteroatoms. The monoisotopic (exact) mass is 335 g/mol. The van der Waals surface area contributed by atoms with E-state index in [0.717, 1.165) is 3.77 Å². The number of halogens is 1. The number of hydrogen-bond donors (Lipinski definition) is 1. The molecule has 1 fully saturated rings. The minimum Gasteiger partial charge on any atom is -0.449 e. The molecule has 2 heterocycles. The molecule has 0 spiro atoms. The molecule has 1 aromatic rings. The molecule has 0 atom stereocenters. The Balaban J connectivity index is 1.98. The van der Waals surface area contributed by atoms with E-state index in [-0.39, 0.29) is 5.91 Å². The van der Waals surface area contributed by atoms with Crippen LogP contribution in [0.5, 0.6) is 0 Å². The van der Waals surface area contributed by atoms with Crippen LogP contribution >= 0.6 is 34.4 Å². The van der Waals surface area contributed by atoms with Crippen molar-refractivity contribution in [2.45, 2.75) is 0 Å². The van der Waals surface area contributed by atoms with Crippen LogP contribution in [0, 0.1) is 3.77 Å². The molecule has 1 aliphatic heterocycles. The fourth-order valence-electron chi connectivity index (χ4n) is 0.915. The highest BCUT2D eigenvalue weighted by Crippen LogP contribution is 2.10. The van der Waals surface area contributed by atoms with Crippen molar-refractivity contribution in [3.63, 3.8) is 0 Å². The number of thioether (sulfide) groups is 1. The summed E-state index contributed by atoms with van der Waals surface area (Å²) >= 11 is 3.40. The van der Waals surface area contributed by atoms with E-state index in [1.54, 1.807) is 6.07 Å². The molecule has 1 N–H and O–H groups in total. The summed E-state index contributed by atoms with van der Waals surface area (Å²) in [6.45, 7) is 0. The van der Waals surface area contributed by atoms with Crippen molar-refractivity contribution < 1.29 is 9.21 Å². The molecule has 1 aromatic heterocycles. The third-order valence-corrected chi connectivity index (χ3v) is 2.96. The smallest absolute Gasteiger partial charge is 0.236 e. The molecule has 78 valence electrons. The second kappa shape index (κ2) is 4.79. The topological polar surface area (TPSA) is 67.0 Å². The summed E-state index contributed by atoms with van der Waals surface area (Å²) in [5, 5.41) is 10.7. The van der Waals surface area contributed by atoms with Gasteiger partial charge in [-0.05, 0) is 34.7 Å². The number of carbonyl (C=O) groups is 1. The molecule has 0 aliphatic carbocycles. The van der Waals surface area contributed by atoms with E-state index in [0.29, 0.717) is 16.7 Å². The second-order valence-electron chi connectivity index (χ2n) is 2.63. The van der Waals surface area contributed by atoms with E-state index in [1.165, 1.54) is 18.0 Å². The Morgan fingerprint density at radius 3 is 3.07 bits per heavy atom. The quantitative estimate of drug-likeness (QED) is 0.505. The van der Waals surface area contributed by atoms with Gasteiger partial charge in [0.2, 0.25) is 5.91 Å². The molecule has 0 aromatic carbocycles.